The van der Waals surface area contributed by atoms with Gasteiger partial charge in [-0.2, -0.15) is 5.10 Å². The summed E-state index contributed by atoms with van der Waals surface area (Å²) in [6.45, 7) is 4.01. The van der Waals surface area contributed by atoms with Crippen molar-refractivity contribution in [1.29, 1.82) is 0 Å². The van der Waals surface area contributed by atoms with Crippen LogP contribution < -0.4 is 5.73 Å². The lowest BCUT2D eigenvalue weighted by Gasteiger charge is -2.16. The molecule has 1 aromatic heterocycles. The predicted molar refractivity (Wildman–Crippen MR) is 93.6 cm³/mol. The van der Waals surface area contributed by atoms with Crippen LogP contribution in [0.4, 0.5) is 0 Å². The van der Waals surface area contributed by atoms with Crippen molar-refractivity contribution in [3.63, 3.8) is 0 Å². The van der Waals surface area contributed by atoms with E-state index in [-0.39, 0.29) is 18.3 Å². The van der Waals surface area contributed by atoms with Crippen molar-refractivity contribution in [1.82, 2.24) is 14.7 Å². The van der Waals surface area contributed by atoms with Gasteiger partial charge in [-0.25, -0.2) is 4.68 Å². The third-order valence-corrected chi connectivity index (χ3v) is 4.55. The molecule has 124 valence electrons. The van der Waals surface area contributed by atoms with Gasteiger partial charge in [-0.15, -0.1) is 12.4 Å². The van der Waals surface area contributed by atoms with Gasteiger partial charge < -0.3 is 10.6 Å². The van der Waals surface area contributed by atoms with Gasteiger partial charge in [0.1, 0.15) is 0 Å². The van der Waals surface area contributed by atoms with E-state index in [1.165, 1.54) is 0 Å². The van der Waals surface area contributed by atoms with E-state index in [1.807, 2.05) is 36.1 Å². The molecule has 3 rings (SSSR count). The molecule has 2 aromatic rings. The van der Waals surface area contributed by atoms with E-state index >= 15 is 0 Å². The molecule has 1 saturated heterocycles. The average Bonchev–Trinajstić information content (AvgIpc) is 3.14. The highest BCUT2D eigenvalue weighted by atomic mass is 35.5. The Balaban J connectivity index is 0.00000192. The number of hydrogen-bond donors (Lipinski definition) is 1. The highest BCUT2D eigenvalue weighted by molar-refractivity contribution is 6.32. The fourth-order valence-corrected chi connectivity index (χ4v) is 3.08. The summed E-state index contributed by atoms with van der Waals surface area (Å²) in [4.78, 5) is 14.5. The van der Waals surface area contributed by atoms with E-state index < -0.39 is 0 Å². The van der Waals surface area contributed by atoms with Gasteiger partial charge in [0.25, 0.3) is 5.91 Å². The molecule has 0 bridgehead atoms. The summed E-state index contributed by atoms with van der Waals surface area (Å²) in [7, 11) is 0. The molecule has 1 fully saturated rings. The van der Waals surface area contributed by atoms with Crippen LogP contribution >= 0.6 is 24.0 Å². The van der Waals surface area contributed by atoms with Gasteiger partial charge in [0.15, 0.2) is 0 Å². The summed E-state index contributed by atoms with van der Waals surface area (Å²) < 4.78 is 1.71. The molecule has 0 radical (unpaired) electrons. The molecule has 0 saturated carbocycles. The Labute approximate surface area is 146 Å². The lowest BCUT2D eigenvalue weighted by atomic mass is 10.1. The number of rotatable bonds is 3. The molecule has 1 amide bonds. The van der Waals surface area contributed by atoms with Gasteiger partial charge in [-0.05, 0) is 37.9 Å². The number of para-hydroxylation sites is 1. The summed E-state index contributed by atoms with van der Waals surface area (Å²) in [5, 5.41) is 4.95. The Morgan fingerprint density at radius 2 is 2.17 bits per heavy atom. The zero-order valence-electron chi connectivity index (χ0n) is 12.9. The molecule has 2 heterocycles. The Bertz CT molecular complexity index is 701. The fourth-order valence-electron chi connectivity index (χ4n) is 2.87. The van der Waals surface area contributed by atoms with Crippen LogP contribution in [0.2, 0.25) is 5.02 Å². The van der Waals surface area contributed by atoms with Gasteiger partial charge in [-0.3, -0.25) is 4.79 Å². The molecule has 1 aliphatic rings. The van der Waals surface area contributed by atoms with E-state index in [4.69, 9.17) is 17.3 Å². The Morgan fingerprint density at radius 3 is 2.83 bits per heavy atom. The standard InChI is InChI=1S/C16H19ClN4O.ClH/c1-11-13(16(22)20-7-6-12(8-18)10-20)9-19-21(11)15-5-3-2-4-14(15)17;/h2-5,9,12H,6-8,10,18H2,1H3;1H. The van der Waals surface area contributed by atoms with Gasteiger partial charge >= 0.3 is 0 Å². The monoisotopic (exact) mass is 354 g/mol. The first-order valence-corrected chi connectivity index (χ1v) is 7.78. The summed E-state index contributed by atoms with van der Waals surface area (Å²) >= 11 is 6.21. The highest BCUT2D eigenvalue weighted by Crippen LogP contribution is 2.24. The van der Waals surface area contributed by atoms with Crippen LogP contribution in [0.5, 0.6) is 0 Å². The molecule has 2 N–H and O–H groups in total. The van der Waals surface area contributed by atoms with Crippen LogP contribution in [0.1, 0.15) is 22.5 Å². The second-order valence-corrected chi connectivity index (χ2v) is 6.06. The van der Waals surface area contributed by atoms with E-state index in [2.05, 4.69) is 5.10 Å². The molecule has 1 aliphatic heterocycles. The quantitative estimate of drug-likeness (QED) is 0.921. The first kappa shape index (κ1) is 17.8. The van der Waals surface area contributed by atoms with Crippen molar-refractivity contribution < 1.29 is 4.79 Å². The van der Waals surface area contributed by atoms with Crippen LogP contribution in [0.25, 0.3) is 5.69 Å². The van der Waals surface area contributed by atoms with Crippen LogP contribution in [0, 0.1) is 12.8 Å². The smallest absolute Gasteiger partial charge is 0.257 e. The van der Waals surface area contributed by atoms with Crippen molar-refractivity contribution in [3.8, 4) is 5.69 Å². The topological polar surface area (TPSA) is 64.2 Å². The maximum Gasteiger partial charge on any atom is 0.257 e. The minimum Gasteiger partial charge on any atom is -0.338 e. The largest absolute Gasteiger partial charge is 0.338 e. The molecule has 23 heavy (non-hydrogen) atoms. The number of nitrogens with zero attached hydrogens (tertiary/aromatic N) is 3. The van der Waals surface area contributed by atoms with E-state index in [0.29, 0.717) is 23.0 Å². The first-order valence-electron chi connectivity index (χ1n) is 7.40. The van der Waals surface area contributed by atoms with Crippen LogP contribution in [-0.4, -0.2) is 40.2 Å². The van der Waals surface area contributed by atoms with E-state index in [9.17, 15) is 4.79 Å². The van der Waals surface area contributed by atoms with Crippen LogP contribution in [0.3, 0.4) is 0 Å². The average molecular weight is 355 g/mol. The maximum atomic E-state index is 12.7. The number of carbonyl (C=O) groups is 1. The number of aromatic nitrogens is 2. The number of nitrogens with two attached hydrogens (primary N) is 1. The summed E-state index contributed by atoms with van der Waals surface area (Å²) in [5.74, 6) is 0.426. The molecule has 5 nitrogen and oxygen atoms in total. The fraction of sp³-hybridized carbons (Fsp3) is 0.375. The van der Waals surface area contributed by atoms with Gasteiger partial charge in [-0.1, -0.05) is 23.7 Å². The zero-order valence-corrected chi connectivity index (χ0v) is 14.5. The van der Waals surface area contributed by atoms with E-state index in [1.54, 1.807) is 10.9 Å². The summed E-state index contributed by atoms with van der Waals surface area (Å²) in [6.07, 6.45) is 2.59. The SMILES string of the molecule is Cc1c(C(=O)N2CCC(CN)C2)cnn1-c1ccccc1Cl.Cl. The number of amides is 1. The van der Waals surface area contributed by atoms with Crippen molar-refractivity contribution in [2.75, 3.05) is 19.6 Å². The van der Waals surface area contributed by atoms with E-state index in [0.717, 1.165) is 30.9 Å². The molecule has 1 atom stereocenters. The Morgan fingerprint density at radius 1 is 1.43 bits per heavy atom. The van der Waals surface area contributed by atoms with Crippen LogP contribution in [0.15, 0.2) is 30.5 Å². The van der Waals surface area contributed by atoms with Crippen LogP contribution in [-0.2, 0) is 0 Å². The van der Waals surface area contributed by atoms with Crippen molar-refractivity contribution in [2.45, 2.75) is 13.3 Å². The number of carbonyl (C=O) groups excluding carboxylic acids is 1. The number of halogens is 2. The second kappa shape index (κ2) is 7.34. The molecular formula is C16H20Cl2N4O. The summed E-state index contributed by atoms with van der Waals surface area (Å²) in [5.41, 5.74) is 7.90. The maximum absolute atomic E-state index is 12.7. The van der Waals surface area contributed by atoms with Crippen molar-refractivity contribution in [3.05, 3.63) is 46.7 Å². The molecule has 0 spiro atoms. The van der Waals surface area contributed by atoms with Crippen molar-refractivity contribution >= 4 is 29.9 Å². The minimum atomic E-state index is 0. The van der Waals surface area contributed by atoms with Gasteiger partial charge in [0.2, 0.25) is 0 Å². The Hall–Kier alpha value is -1.56. The Kier molecular flexibility index (Phi) is 5.68. The lowest BCUT2D eigenvalue weighted by molar-refractivity contribution is 0.0787. The normalized spacial score (nSPS) is 17.2. The predicted octanol–water partition coefficient (Wildman–Crippen LogP) is 2.68. The minimum absolute atomic E-state index is 0. The summed E-state index contributed by atoms with van der Waals surface area (Å²) in [6, 6.07) is 7.47. The zero-order chi connectivity index (χ0) is 15.7. The number of benzene rings is 1. The second-order valence-electron chi connectivity index (χ2n) is 5.65. The third kappa shape index (κ3) is 3.37. The molecule has 7 heteroatoms. The third-order valence-electron chi connectivity index (χ3n) is 4.23. The molecule has 0 aliphatic carbocycles. The molecular weight excluding hydrogens is 335 g/mol. The van der Waals surface area contributed by atoms with Gasteiger partial charge in [0, 0.05) is 13.1 Å². The van der Waals surface area contributed by atoms with Crippen molar-refractivity contribution in [2.24, 2.45) is 11.7 Å². The molecule has 1 unspecified atom stereocenters. The van der Waals surface area contributed by atoms with Gasteiger partial charge in [0.05, 0.1) is 28.2 Å². The number of likely N-dealkylation sites (tertiary alicyclic amines) is 1. The number of hydrogen-bond acceptors (Lipinski definition) is 3. The first-order chi connectivity index (χ1) is 10.6. The lowest BCUT2D eigenvalue weighted by Crippen LogP contribution is -2.30. The molecule has 1 aromatic carbocycles. The highest BCUT2D eigenvalue weighted by Gasteiger charge is 2.28.